The average Bonchev–Trinajstić information content (AvgIpc) is 2.88. The molecule has 1 aromatic rings. The number of piperidine rings is 1. The van der Waals surface area contributed by atoms with E-state index in [2.05, 4.69) is 11.8 Å². The largest absolute Gasteiger partial charge is 0.303 e. The molecule has 2 heterocycles. The van der Waals surface area contributed by atoms with E-state index in [1.807, 2.05) is 6.92 Å². The molecule has 1 aliphatic heterocycles. The van der Waals surface area contributed by atoms with E-state index in [-0.39, 0.29) is 6.04 Å². The molecule has 0 unspecified atom stereocenters. The van der Waals surface area contributed by atoms with Crippen molar-refractivity contribution in [3.05, 3.63) is 16.5 Å². The molecule has 0 atom stereocenters. The molecule has 1 saturated heterocycles. The number of sulfonamides is 1. The molecule has 1 aliphatic rings. The van der Waals surface area contributed by atoms with Crippen LogP contribution in [-0.2, 0) is 15.9 Å². The number of alkyl halides is 1. The second-order valence-corrected chi connectivity index (χ2v) is 9.12. The van der Waals surface area contributed by atoms with Gasteiger partial charge in [-0.15, -0.1) is 22.9 Å². The summed E-state index contributed by atoms with van der Waals surface area (Å²) >= 11 is 7.14. The fourth-order valence-corrected chi connectivity index (χ4v) is 6.10. The molecule has 1 fully saturated rings. The van der Waals surface area contributed by atoms with Crippen LogP contribution in [0.15, 0.2) is 10.3 Å². The van der Waals surface area contributed by atoms with Crippen molar-refractivity contribution in [3.63, 3.8) is 0 Å². The van der Waals surface area contributed by atoms with Gasteiger partial charge in [0.2, 0.25) is 0 Å². The Morgan fingerprint density at radius 2 is 2.05 bits per heavy atom. The normalized spacial score (nSPS) is 18.5. The highest BCUT2D eigenvalue weighted by molar-refractivity contribution is 7.91. The molecule has 2 rings (SSSR count). The van der Waals surface area contributed by atoms with E-state index in [9.17, 15) is 8.42 Å². The zero-order chi connectivity index (χ0) is 15.6. The highest BCUT2D eigenvalue weighted by Gasteiger charge is 2.31. The number of nitrogens with zero attached hydrogens (tertiary/aromatic N) is 2. The van der Waals surface area contributed by atoms with Gasteiger partial charge in [0.25, 0.3) is 10.0 Å². The molecule has 120 valence electrons. The summed E-state index contributed by atoms with van der Waals surface area (Å²) in [5, 5.41) is 0. The summed E-state index contributed by atoms with van der Waals surface area (Å²) in [5.41, 5.74) is 0.961. The SMILES string of the molecule is CCN1CCC(N(C)S(=O)(=O)c2cc(C)c(CCl)s2)CC1. The van der Waals surface area contributed by atoms with Gasteiger partial charge < -0.3 is 4.90 Å². The summed E-state index contributed by atoms with van der Waals surface area (Å²) in [5.74, 6) is 0.366. The van der Waals surface area contributed by atoms with Gasteiger partial charge in [-0.2, -0.15) is 4.31 Å². The highest BCUT2D eigenvalue weighted by atomic mass is 35.5. The Morgan fingerprint density at radius 1 is 1.43 bits per heavy atom. The number of aryl methyl sites for hydroxylation is 1. The number of hydrogen-bond acceptors (Lipinski definition) is 4. The Balaban J connectivity index is 2.15. The molecule has 1 aromatic heterocycles. The number of rotatable bonds is 5. The zero-order valence-electron chi connectivity index (χ0n) is 12.8. The van der Waals surface area contributed by atoms with Crippen LogP contribution in [-0.4, -0.2) is 50.3 Å². The van der Waals surface area contributed by atoms with Crippen molar-refractivity contribution in [1.29, 1.82) is 0 Å². The molecule has 0 radical (unpaired) electrons. The smallest absolute Gasteiger partial charge is 0.252 e. The molecule has 0 bridgehead atoms. The minimum Gasteiger partial charge on any atom is -0.303 e. The zero-order valence-corrected chi connectivity index (χ0v) is 15.2. The molecule has 0 N–H and O–H groups in total. The van der Waals surface area contributed by atoms with Crippen LogP contribution in [0, 0.1) is 6.92 Å². The number of thiophene rings is 1. The molecule has 21 heavy (non-hydrogen) atoms. The van der Waals surface area contributed by atoms with Crippen molar-refractivity contribution >= 4 is 33.0 Å². The van der Waals surface area contributed by atoms with E-state index in [4.69, 9.17) is 11.6 Å². The van der Waals surface area contributed by atoms with E-state index < -0.39 is 10.0 Å². The summed E-state index contributed by atoms with van der Waals surface area (Å²) in [6.45, 7) is 7.02. The van der Waals surface area contributed by atoms with Crippen molar-refractivity contribution in [2.24, 2.45) is 0 Å². The van der Waals surface area contributed by atoms with Crippen LogP contribution in [0.2, 0.25) is 0 Å². The first-order chi connectivity index (χ1) is 9.90. The van der Waals surface area contributed by atoms with E-state index in [0.717, 1.165) is 42.9 Å². The molecule has 0 aromatic carbocycles. The van der Waals surface area contributed by atoms with Gasteiger partial charge in [0.05, 0.1) is 5.88 Å². The quantitative estimate of drug-likeness (QED) is 0.767. The third kappa shape index (κ3) is 3.62. The molecule has 0 aliphatic carbocycles. The summed E-state index contributed by atoms with van der Waals surface area (Å²) in [6, 6.07) is 1.84. The van der Waals surface area contributed by atoms with Crippen molar-refractivity contribution in [2.75, 3.05) is 26.7 Å². The predicted molar refractivity (Wildman–Crippen MR) is 88.7 cm³/mol. The first kappa shape index (κ1) is 17.2. The van der Waals surface area contributed by atoms with Crippen LogP contribution in [0.4, 0.5) is 0 Å². The Labute approximate surface area is 136 Å². The lowest BCUT2D eigenvalue weighted by atomic mass is 10.1. The standard InChI is InChI=1S/C14H23ClN2O2S2/c1-4-17-7-5-12(6-8-17)16(3)21(18,19)14-9-11(2)13(10-15)20-14/h9,12H,4-8,10H2,1-3H3. The topological polar surface area (TPSA) is 40.6 Å². The van der Waals surface area contributed by atoms with E-state index in [1.165, 1.54) is 11.3 Å². The fourth-order valence-electron chi connectivity index (χ4n) is 2.69. The van der Waals surface area contributed by atoms with Gasteiger partial charge in [-0.1, -0.05) is 6.92 Å². The summed E-state index contributed by atoms with van der Waals surface area (Å²) in [7, 11) is -1.69. The van der Waals surface area contributed by atoms with Crippen LogP contribution >= 0.6 is 22.9 Å². The molecule has 0 amide bonds. The summed E-state index contributed by atoms with van der Waals surface area (Å²) in [4.78, 5) is 3.29. The van der Waals surface area contributed by atoms with E-state index >= 15 is 0 Å². The fraction of sp³-hybridized carbons (Fsp3) is 0.714. The molecular formula is C14H23ClN2O2S2. The third-order valence-electron chi connectivity index (χ3n) is 4.27. The Hall–Kier alpha value is -0.140. The van der Waals surface area contributed by atoms with Gasteiger partial charge in [0.1, 0.15) is 4.21 Å². The van der Waals surface area contributed by atoms with Crippen molar-refractivity contribution in [2.45, 2.75) is 42.8 Å². The maximum absolute atomic E-state index is 12.7. The van der Waals surface area contributed by atoms with E-state index in [1.54, 1.807) is 17.4 Å². The number of halogens is 1. The van der Waals surface area contributed by atoms with Gasteiger partial charge in [0.15, 0.2) is 0 Å². The van der Waals surface area contributed by atoms with E-state index in [0.29, 0.717) is 10.1 Å². The predicted octanol–water partition coefficient (Wildman–Crippen LogP) is 2.90. The lowest BCUT2D eigenvalue weighted by Gasteiger charge is -2.35. The maximum Gasteiger partial charge on any atom is 0.252 e. The monoisotopic (exact) mass is 350 g/mol. The van der Waals surface area contributed by atoms with Crippen molar-refractivity contribution in [3.8, 4) is 0 Å². The van der Waals surface area contributed by atoms with Crippen LogP contribution in [0.3, 0.4) is 0 Å². The minimum absolute atomic E-state index is 0.0969. The van der Waals surface area contributed by atoms with Gasteiger partial charge in [-0.05, 0) is 51.0 Å². The van der Waals surface area contributed by atoms with Crippen LogP contribution in [0.25, 0.3) is 0 Å². The average molecular weight is 351 g/mol. The second-order valence-electron chi connectivity index (χ2n) is 5.49. The van der Waals surface area contributed by atoms with Gasteiger partial charge >= 0.3 is 0 Å². The third-order valence-corrected chi connectivity index (χ3v) is 8.29. The summed E-state index contributed by atoms with van der Waals surface area (Å²) < 4.78 is 27.5. The molecular weight excluding hydrogens is 328 g/mol. The Kier molecular flexibility index (Phi) is 5.71. The Morgan fingerprint density at radius 3 is 2.52 bits per heavy atom. The molecule has 4 nitrogen and oxygen atoms in total. The van der Waals surface area contributed by atoms with Gasteiger partial charge in [-0.25, -0.2) is 8.42 Å². The highest BCUT2D eigenvalue weighted by Crippen LogP contribution is 2.31. The number of hydrogen-bond donors (Lipinski definition) is 0. The van der Waals surface area contributed by atoms with Crippen molar-refractivity contribution in [1.82, 2.24) is 9.21 Å². The van der Waals surface area contributed by atoms with Crippen LogP contribution in [0.5, 0.6) is 0 Å². The van der Waals surface area contributed by atoms with Gasteiger partial charge in [0, 0.05) is 18.0 Å². The summed E-state index contributed by atoms with van der Waals surface area (Å²) in [6.07, 6.45) is 1.80. The van der Waals surface area contributed by atoms with Crippen LogP contribution < -0.4 is 0 Å². The van der Waals surface area contributed by atoms with Crippen LogP contribution in [0.1, 0.15) is 30.2 Å². The van der Waals surface area contributed by atoms with Crippen molar-refractivity contribution < 1.29 is 8.42 Å². The molecule has 0 saturated carbocycles. The lowest BCUT2D eigenvalue weighted by Crippen LogP contribution is -2.45. The minimum atomic E-state index is -3.40. The first-order valence-corrected chi connectivity index (χ1v) is 10.0. The molecule has 7 heteroatoms. The maximum atomic E-state index is 12.7. The lowest BCUT2D eigenvalue weighted by molar-refractivity contribution is 0.176. The second kappa shape index (κ2) is 6.96. The number of likely N-dealkylation sites (tertiary alicyclic amines) is 1. The van der Waals surface area contributed by atoms with Gasteiger partial charge in [-0.3, -0.25) is 0 Å². The molecule has 0 spiro atoms. The Bertz CT molecular complexity index is 578. The first-order valence-electron chi connectivity index (χ1n) is 7.25.